The number of para-hydroxylation sites is 1. The third-order valence-electron chi connectivity index (χ3n) is 4.18. The van der Waals surface area contributed by atoms with Gasteiger partial charge in [-0.1, -0.05) is 12.1 Å². The molecule has 2 heterocycles. The Bertz CT molecular complexity index is 818. The highest BCUT2D eigenvalue weighted by Gasteiger charge is 2.15. The number of carbonyl (C=O) groups excluding carboxylic acids is 1. The number of aromatic amines is 1. The Morgan fingerprint density at radius 3 is 2.91 bits per heavy atom. The lowest BCUT2D eigenvalue weighted by molar-refractivity contribution is -0.122. The summed E-state index contributed by atoms with van der Waals surface area (Å²) in [6.45, 7) is 2.20. The number of hydrogen-bond acceptors (Lipinski definition) is 4. The van der Waals surface area contributed by atoms with E-state index in [-0.39, 0.29) is 12.5 Å². The second-order valence-corrected chi connectivity index (χ2v) is 5.88. The van der Waals surface area contributed by atoms with Gasteiger partial charge in [-0.25, -0.2) is 4.79 Å². The molecule has 0 bridgehead atoms. The molecule has 23 heavy (non-hydrogen) atoms. The second-order valence-electron chi connectivity index (χ2n) is 5.88. The van der Waals surface area contributed by atoms with E-state index in [1.165, 1.54) is 0 Å². The van der Waals surface area contributed by atoms with Crippen molar-refractivity contribution < 1.29 is 4.79 Å². The molecule has 1 fully saturated rings. The third kappa shape index (κ3) is 3.50. The summed E-state index contributed by atoms with van der Waals surface area (Å²) < 4.78 is 0.941. The van der Waals surface area contributed by atoms with Crippen LogP contribution >= 0.6 is 0 Å². The molecule has 0 spiro atoms. The van der Waals surface area contributed by atoms with Crippen LogP contribution in [0.15, 0.2) is 33.9 Å². The summed E-state index contributed by atoms with van der Waals surface area (Å²) in [6.07, 6.45) is 2.17. The van der Waals surface area contributed by atoms with E-state index in [0.29, 0.717) is 23.4 Å². The lowest BCUT2D eigenvalue weighted by Crippen LogP contribution is -2.43. The van der Waals surface area contributed by atoms with Gasteiger partial charge in [-0.2, -0.15) is 0 Å². The van der Waals surface area contributed by atoms with Crippen LogP contribution in [0.25, 0.3) is 10.9 Å². The first-order chi connectivity index (χ1) is 11.1. The molecule has 1 unspecified atom stereocenters. The van der Waals surface area contributed by atoms with Crippen molar-refractivity contribution >= 4 is 16.8 Å². The Balaban J connectivity index is 1.72. The minimum absolute atomic E-state index is 0.265. The Morgan fingerprint density at radius 2 is 2.13 bits per heavy atom. The highest BCUT2D eigenvalue weighted by atomic mass is 16.2. The molecule has 0 radical (unpaired) electrons. The molecule has 1 aliphatic rings. The van der Waals surface area contributed by atoms with Gasteiger partial charge in [-0.15, -0.1) is 0 Å². The van der Waals surface area contributed by atoms with Crippen LogP contribution in [0.3, 0.4) is 0 Å². The van der Waals surface area contributed by atoms with E-state index >= 15 is 0 Å². The number of fused-ring (bicyclic) bond motifs is 1. The molecule has 1 aliphatic heterocycles. The summed E-state index contributed by atoms with van der Waals surface area (Å²) in [6, 6.07) is 6.77. The number of piperidine rings is 1. The largest absolute Gasteiger partial charge is 0.354 e. The highest BCUT2D eigenvalue weighted by Crippen LogP contribution is 2.08. The van der Waals surface area contributed by atoms with Crippen molar-refractivity contribution in [1.29, 1.82) is 0 Å². The summed E-state index contributed by atoms with van der Waals surface area (Å²) in [5.41, 5.74) is -0.533. The van der Waals surface area contributed by atoms with Crippen LogP contribution in [-0.4, -0.2) is 35.1 Å². The highest BCUT2D eigenvalue weighted by molar-refractivity contribution is 5.78. The fraction of sp³-hybridized carbons (Fsp3) is 0.438. The van der Waals surface area contributed by atoms with Crippen LogP contribution in [0.4, 0.5) is 0 Å². The molecule has 1 aromatic carbocycles. The van der Waals surface area contributed by atoms with Gasteiger partial charge in [0.2, 0.25) is 5.91 Å². The van der Waals surface area contributed by atoms with Crippen molar-refractivity contribution in [3.63, 3.8) is 0 Å². The van der Waals surface area contributed by atoms with E-state index in [1.54, 1.807) is 24.3 Å². The first-order valence-electron chi connectivity index (χ1n) is 7.84. The normalized spacial score (nSPS) is 18.0. The molecule has 0 aliphatic carbocycles. The van der Waals surface area contributed by atoms with Gasteiger partial charge in [0, 0.05) is 6.54 Å². The number of hydrogen-bond donors (Lipinski definition) is 3. The van der Waals surface area contributed by atoms with E-state index < -0.39 is 11.2 Å². The molecule has 3 rings (SSSR count). The fourth-order valence-corrected chi connectivity index (χ4v) is 2.90. The van der Waals surface area contributed by atoms with Crippen LogP contribution < -0.4 is 21.9 Å². The van der Waals surface area contributed by atoms with Gasteiger partial charge in [-0.05, 0) is 44.0 Å². The summed E-state index contributed by atoms with van der Waals surface area (Å²) in [7, 11) is 0. The maximum Gasteiger partial charge on any atom is 0.329 e. The topological polar surface area (TPSA) is 96.0 Å². The zero-order chi connectivity index (χ0) is 16.2. The molecule has 7 nitrogen and oxygen atoms in total. The number of amides is 1. The number of rotatable bonds is 4. The lowest BCUT2D eigenvalue weighted by Gasteiger charge is -2.22. The Morgan fingerprint density at radius 1 is 1.30 bits per heavy atom. The number of nitrogens with one attached hydrogen (secondary N) is 3. The average Bonchev–Trinajstić information content (AvgIpc) is 2.58. The van der Waals surface area contributed by atoms with Gasteiger partial charge in [0.1, 0.15) is 6.54 Å². The summed E-state index contributed by atoms with van der Waals surface area (Å²) in [4.78, 5) is 39.0. The van der Waals surface area contributed by atoms with Gasteiger partial charge in [-0.3, -0.25) is 14.2 Å². The molecule has 2 aromatic rings. The molecule has 1 atom stereocenters. The van der Waals surface area contributed by atoms with Crippen LogP contribution in [0.1, 0.15) is 12.8 Å². The molecule has 3 N–H and O–H groups in total. The van der Waals surface area contributed by atoms with Crippen molar-refractivity contribution in [2.24, 2.45) is 5.92 Å². The van der Waals surface area contributed by atoms with Crippen LogP contribution in [0.2, 0.25) is 0 Å². The quantitative estimate of drug-likeness (QED) is 0.728. The van der Waals surface area contributed by atoms with Gasteiger partial charge in [0.05, 0.1) is 10.9 Å². The van der Waals surface area contributed by atoms with Crippen molar-refractivity contribution in [1.82, 2.24) is 20.2 Å². The second kappa shape index (κ2) is 6.78. The zero-order valence-electron chi connectivity index (χ0n) is 12.8. The smallest absolute Gasteiger partial charge is 0.329 e. The number of carbonyl (C=O) groups is 1. The summed E-state index contributed by atoms with van der Waals surface area (Å²) in [5, 5.41) is 6.50. The van der Waals surface area contributed by atoms with Gasteiger partial charge in [0.25, 0.3) is 5.56 Å². The van der Waals surface area contributed by atoms with Crippen LogP contribution in [-0.2, 0) is 11.3 Å². The molecule has 1 amide bonds. The molecular formula is C16H20N4O3. The number of H-pyrrole nitrogens is 1. The number of aromatic nitrogens is 2. The minimum Gasteiger partial charge on any atom is -0.354 e. The SMILES string of the molecule is O=C(Cn1c(=O)[nH]c2ccccc2c1=O)NCC1CCCNC1. The molecule has 0 saturated carbocycles. The Labute approximate surface area is 132 Å². The first-order valence-corrected chi connectivity index (χ1v) is 7.84. The first kappa shape index (κ1) is 15.5. The van der Waals surface area contributed by atoms with Crippen LogP contribution in [0.5, 0.6) is 0 Å². The van der Waals surface area contributed by atoms with Crippen molar-refractivity contribution in [3.05, 3.63) is 45.1 Å². The van der Waals surface area contributed by atoms with E-state index in [2.05, 4.69) is 15.6 Å². The third-order valence-corrected chi connectivity index (χ3v) is 4.18. The van der Waals surface area contributed by atoms with Crippen LogP contribution in [0, 0.1) is 5.92 Å². The maximum absolute atomic E-state index is 12.3. The molecule has 1 aromatic heterocycles. The Kier molecular flexibility index (Phi) is 4.57. The fourth-order valence-electron chi connectivity index (χ4n) is 2.90. The van der Waals surface area contributed by atoms with Crippen molar-refractivity contribution in [2.75, 3.05) is 19.6 Å². The monoisotopic (exact) mass is 316 g/mol. The summed E-state index contributed by atoms with van der Waals surface area (Å²) >= 11 is 0. The van der Waals surface area contributed by atoms with E-state index in [1.807, 2.05) is 0 Å². The maximum atomic E-state index is 12.3. The zero-order valence-corrected chi connectivity index (χ0v) is 12.8. The standard InChI is InChI=1S/C16H20N4O3/c21-14(18-9-11-4-3-7-17-8-11)10-20-15(22)12-5-1-2-6-13(12)19-16(20)23/h1-2,5-6,11,17H,3-4,7-10H2,(H,18,21)(H,19,23). The number of nitrogens with zero attached hydrogens (tertiary/aromatic N) is 1. The lowest BCUT2D eigenvalue weighted by atomic mass is 10.00. The summed E-state index contributed by atoms with van der Waals surface area (Å²) in [5.74, 6) is 0.0813. The predicted molar refractivity (Wildman–Crippen MR) is 87.4 cm³/mol. The van der Waals surface area contributed by atoms with Gasteiger partial charge >= 0.3 is 5.69 Å². The van der Waals surface area contributed by atoms with Crippen molar-refractivity contribution in [3.8, 4) is 0 Å². The molecular weight excluding hydrogens is 296 g/mol. The molecule has 7 heteroatoms. The molecule has 122 valence electrons. The predicted octanol–water partition coefficient (Wildman–Crippen LogP) is -0.194. The molecule has 1 saturated heterocycles. The van der Waals surface area contributed by atoms with E-state index in [9.17, 15) is 14.4 Å². The van der Waals surface area contributed by atoms with Crippen molar-refractivity contribution in [2.45, 2.75) is 19.4 Å². The number of benzene rings is 1. The van der Waals surface area contributed by atoms with Gasteiger partial charge in [0.15, 0.2) is 0 Å². The average molecular weight is 316 g/mol. The van der Waals surface area contributed by atoms with Gasteiger partial charge < -0.3 is 15.6 Å². The minimum atomic E-state index is -0.566. The Hall–Kier alpha value is -2.41. The van der Waals surface area contributed by atoms with E-state index in [0.717, 1.165) is 30.5 Å². The van der Waals surface area contributed by atoms with E-state index in [4.69, 9.17) is 0 Å².